The number of nitrogens with two attached hydrogens (primary N) is 1. The van der Waals surface area contributed by atoms with Crippen LogP contribution < -0.4 is 15.2 Å². The quantitative estimate of drug-likeness (QED) is 0.878. The molecule has 0 radical (unpaired) electrons. The molecule has 2 rings (SSSR count). The number of ether oxygens (including phenoxy) is 2. The van der Waals surface area contributed by atoms with Gasteiger partial charge in [0.1, 0.15) is 0 Å². The first kappa shape index (κ1) is 12.7. The molecule has 1 aliphatic rings. The summed E-state index contributed by atoms with van der Waals surface area (Å²) >= 11 is 3.52. The van der Waals surface area contributed by atoms with Crippen LogP contribution in [-0.4, -0.2) is 13.2 Å². The second-order valence-electron chi connectivity index (χ2n) is 4.30. The first-order chi connectivity index (χ1) is 8.24. The Morgan fingerprint density at radius 1 is 1.35 bits per heavy atom. The van der Waals surface area contributed by atoms with E-state index < -0.39 is 0 Å². The SMILES string of the molecule is CCOc1cc(CN)cc(Br)c1OCC1CC1. The van der Waals surface area contributed by atoms with Crippen molar-refractivity contribution in [2.75, 3.05) is 13.2 Å². The third-order valence-corrected chi connectivity index (χ3v) is 3.35. The summed E-state index contributed by atoms with van der Waals surface area (Å²) in [6.45, 7) is 3.87. The largest absolute Gasteiger partial charge is 0.490 e. The van der Waals surface area contributed by atoms with E-state index in [4.69, 9.17) is 15.2 Å². The maximum absolute atomic E-state index is 5.83. The highest BCUT2D eigenvalue weighted by atomic mass is 79.9. The first-order valence-electron chi connectivity index (χ1n) is 6.02. The van der Waals surface area contributed by atoms with Crippen LogP contribution in [0.3, 0.4) is 0 Å². The Balaban J connectivity index is 2.19. The Labute approximate surface area is 110 Å². The molecule has 0 saturated heterocycles. The maximum atomic E-state index is 5.83. The summed E-state index contributed by atoms with van der Waals surface area (Å²) in [4.78, 5) is 0. The summed E-state index contributed by atoms with van der Waals surface area (Å²) in [5.41, 5.74) is 6.69. The Hall–Kier alpha value is -0.740. The van der Waals surface area contributed by atoms with Crippen molar-refractivity contribution < 1.29 is 9.47 Å². The van der Waals surface area contributed by atoms with Gasteiger partial charge in [-0.15, -0.1) is 0 Å². The maximum Gasteiger partial charge on any atom is 0.175 e. The van der Waals surface area contributed by atoms with E-state index in [0.717, 1.165) is 34.1 Å². The lowest BCUT2D eigenvalue weighted by molar-refractivity contribution is 0.265. The van der Waals surface area contributed by atoms with Crippen molar-refractivity contribution in [1.29, 1.82) is 0 Å². The van der Waals surface area contributed by atoms with Gasteiger partial charge in [-0.05, 0) is 59.3 Å². The van der Waals surface area contributed by atoms with Gasteiger partial charge >= 0.3 is 0 Å². The molecular formula is C13H18BrNO2. The number of halogens is 1. The average Bonchev–Trinajstić information content (AvgIpc) is 3.12. The molecule has 3 nitrogen and oxygen atoms in total. The third kappa shape index (κ3) is 3.36. The van der Waals surface area contributed by atoms with Gasteiger partial charge in [0, 0.05) is 6.54 Å². The highest BCUT2D eigenvalue weighted by molar-refractivity contribution is 9.10. The number of hydrogen-bond donors (Lipinski definition) is 1. The summed E-state index contributed by atoms with van der Waals surface area (Å²) in [6, 6.07) is 3.95. The molecule has 1 aromatic carbocycles. The summed E-state index contributed by atoms with van der Waals surface area (Å²) in [5.74, 6) is 2.31. The van der Waals surface area contributed by atoms with Crippen molar-refractivity contribution in [2.45, 2.75) is 26.3 Å². The Kier molecular flexibility index (Phi) is 4.29. The predicted octanol–water partition coefficient (Wildman–Crippen LogP) is 3.10. The Morgan fingerprint density at radius 3 is 2.71 bits per heavy atom. The van der Waals surface area contributed by atoms with E-state index in [9.17, 15) is 0 Å². The number of hydrogen-bond acceptors (Lipinski definition) is 3. The van der Waals surface area contributed by atoms with Crippen molar-refractivity contribution in [3.05, 3.63) is 22.2 Å². The van der Waals surface area contributed by atoms with Crippen LogP contribution in [0, 0.1) is 5.92 Å². The van der Waals surface area contributed by atoms with Crippen molar-refractivity contribution in [2.24, 2.45) is 11.7 Å². The van der Waals surface area contributed by atoms with Gasteiger partial charge in [0.25, 0.3) is 0 Å². The lowest BCUT2D eigenvalue weighted by Gasteiger charge is -2.14. The molecule has 1 fully saturated rings. The van der Waals surface area contributed by atoms with E-state index in [2.05, 4.69) is 15.9 Å². The van der Waals surface area contributed by atoms with Crippen LogP contribution in [0.1, 0.15) is 25.3 Å². The molecule has 1 saturated carbocycles. The average molecular weight is 300 g/mol. The van der Waals surface area contributed by atoms with Gasteiger partial charge in [-0.3, -0.25) is 0 Å². The molecule has 1 aromatic rings. The zero-order valence-corrected chi connectivity index (χ0v) is 11.6. The van der Waals surface area contributed by atoms with Crippen LogP contribution in [0.2, 0.25) is 0 Å². The summed E-state index contributed by atoms with van der Waals surface area (Å²) in [6.07, 6.45) is 2.56. The lowest BCUT2D eigenvalue weighted by Crippen LogP contribution is -2.05. The fraction of sp³-hybridized carbons (Fsp3) is 0.538. The Bertz CT molecular complexity index is 391. The zero-order valence-electron chi connectivity index (χ0n) is 10.0. The molecule has 0 heterocycles. The van der Waals surface area contributed by atoms with Gasteiger partial charge in [-0.25, -0.2) is 0 Å². The zero-order chi connectivity index (χ0) is 12.3. The topological polar surface area (TPSA) is 44.5 Å². The van der Waals surface area contributed by atoms with Gasteiger partial charge in [-0.2, -0.15) is 0 Å². The summed E-state index contributed by atoms with van der Waals surface area (Å²) in [7, 11) is 0. The third-order valence-electron chi connectivity index (χ3n) is 2.77. The Morgan fingerprint density at radius 2 is 2.12 bits per heavy atom. The lowest BCUT2D eigenvalue weighted by atomic mass is 10.2. The molecule has 0 unspecified atom stereocenters. The van der Waals surface area contributed by atoms with E-state index in [1.54, 1.807) is 0 Å². The second kappa shape index (κ2) is 5.74. The molecule has 94 valence electrons. The monoisotopic (exact) mass is 299 g/mol. The summed E-state index contributed by atoms with van der Waals surface area (Å²) < 4.78 is 12.4. The molecule has 0 bridgehead atoms. The van der Waals surface area contributed by atoms with Crippen molar-refractivity contribution in [1.82, 2.24) is 0 Å². The van der Waals surface area contributed by atoms with E-state index in [0.29, 0.717) is 13.2 Å². The molecular weight excluding hydrogens is 282 g/mol. The van der Waals surface area contributed by atoms with E-state index in [-0.39, 0.29) is 0 Å². The highest BCUT2D eigenvalue weighted by Gasteiger charge is 2.23. The van der Waals surface area contributed by atoms with Gasteiger partial charge in [0.05, 0.1) is 17.7 Å². The van der Waals surface area contributed by atoms with Crippen LogP contribution in [0.25, 0.3) is 0 Å². The molecule has 4 heteroatoms. The predicted molar refractivity (Wildman–Crippen MR) is 71.4 cm³/mol. The fourth-order valence-corrected chi connectivity index (χ4v) is 2.23. The molecule has 17 heavy (non-hydrogen) atoms. The minimum Gasteiger partial charge on any atom is -0.490 e. The minimum atomic E-state index is 0.502. The van der Waals surface area contributed by atoms with E-state index in [1.165, 1.54) is 12.8 Å². The molecule has 2 N–H and O–H groups in total. The first-order valence-corrected chi connectivity index (χ1v) is 6.82. The molecule has 0 aliphatic heterocycles. The second-order valence-corrected chi connectivity index (χ2v) is 5.15. The molecule has 0 spiro atoms. The number of benzene rings is 1. The molecule has 0 atom stereocenters. The van der Waals surface area contributed by atoms with Gasteiger partial charge < -0.3 is 15.2 Å². The van der Waals surface area contributed by atoms with Crippen LogP contribution in [0.5, 0.6) is 11.5 Å². The fourth-order valence-electron chi connectivity index (χ4n) is 1.63. The minimum absolute atomic E-state index is 0.502. The van der Waals surface area contributed by atoms with Crippen LogP contribution in [0.15, 0.2) is 16.6 Å². The van der Waals surface area contributed by atoms with E-state index >= 15 is 0 Å². The van der Waals surface area contributed by atoms with E-state index in [1.807, 2.05) is 19.1 Å². The van der Waals surface area contributed by atoms with Crippen LogP contribution >= 0.6 is 15.9 Å². The normalized spacial score (nSPS) is 14.8. The van der Waals surface area contributed by atoms with Gasteiger partial charge in [-0.1, -0.05) is 0 Å². The van der Waals surface area contributed by atoms with Crippen LogP contribution in [-0.2, 0) is 6.54 Å². The summed E-state index contributed by atoms with van der Waals surface area (Å²) in [5, 5.41) is 0. The van der Waals surface area contributed by atoms with Crippen molar-refractivity contribution in [3.63, 3.8) is 0 Å². The van der Waals surface area contributed by atoms with Gasteiger partial charge in [0.15, 0.2) is 11.5 Å². The molecule has 0 amide bonds. The number of rotatable bonds is 6. The van der Waals surface area contributed by atoms with Crippen LogP contribution in [0.4, 0.5) is 0 Å². The highest BCUT2D eigenvalue weighted by Crippen LogP contribution is 2.38. The standard InChI is InChI=1S/C13H18BrNO2/c1-2-16-12-6-10(7-15)5-11(14)13(12)17-8-9-3-4-9/h5-6,9H,2-4,7-8,15H2,1H3. The van der Waals surface area contributed by atoms with Gasteiger partial charge in [0.2, 0.25) is 0 Å². The smallest absolute Gasteiger partial charge is 0.175 e. The van der Waals surface area contributed by atoms with Crippen molar-refractivity contribution in [3.8, 4) is 11.5 Å². The molecule has 0 aromatic heterocycles. The molecule has 1 aliphatic carbocycles. The van der Waals surface area contributed by atoms with Crippen molar-refractivity contribution >= 4 is 15.9 Å².